The van der Waals surface area contributed by atoms with Crippen LogP contribution in [-0.2, 0) is 26.7 Å². The van der Waals surface area contributed by atoms with Crippen molar-refractivity contribution >= 4 is 33.3 Å². The smallest absolute Gasteiger partial charge is 0.258 e. The van der Waals surface area contributed by atoms with Crippen LogP contribution >= 0.6 is 11.6 Å². The molecule has 0 saturated heterocycles. The zero-order chi connectivity index (χ0) is 27.1. The summed E-state index contributed by atoms with van der Waals surface area (Å²) in [5.74, 6) is -3.51. The number of sulfone groups is 1. The lowest BCUT2D eigenvalue weighted by Crippen LogP contribution is -2.53. The van der Waals surface area contributed by atoms with E-state index >= 15 is 4.39 Å². The maximum Gasteiger partial charge on any atom is 0.258 e. The zero-order valence-electron chi connectivity index (χ0n) is 20.4. The van der Waals surface area contributed by atoms with Gasteiger partial charge >= 0.3 is 0 Å². The molecule has 0 aromatic heterocycles. The highest BCUT2D eigenvalue weighted by atomic mass is 35.5. The second-order valence-corrected chi connectivity index (χ2v) is 11.8. The summed E-state index contributed by atoms with van der Waals surface area (Å²) in [5.41, 5.74) is -1.17. The molecule has 0 spiro atoms. The van der Waals surface area contributed by atoms with Crippen molar-refractivity contribution in [1.29, 1.82) is 0 Å². The van der Waals surface area contributed by atoms with Gasteiger partial charge < -0.3 is 10.2 Å². The largest absolute Gasteiger partial charge is 0.350 e. The zero-order valence-corrected chi connectivity index (χ0v) is 22.0. The summed E-state index contributed by atoms with van der Waals surface area (Å²) in [5, 5.41) is 3.25. The predicted molar refractivity (Wildman–Crippen MR) is 136 cm³/mol. The van der Waals surface area contributed by atoms with E-state index in [0.29, 0.717) is 10.6 Å². The van der Waals surface area contributed by atoms with Crippen molar-refractivity contribution in [3.05, 3.63) is 99.6 Å². The quantitative estimate of drug-likeness (QED) is 0.461. The second kappa shape index (κ2) is 9.87. The molecule has 3 aromatic carbocycles. The van der Waals surface area contributed by atoms with Gasteiger partial charge in [0.2, 0.25) is 0 Å². The number of nitrogens with one attached hydrogen (secondary N) is 1. The predicted octanol–water partition coefficient (Wildman–Crippen LogP) is 4.81. The van der Waals surface area contributed by atoms with E-state index < -0.39 is 44.4 Å². The Hall–Kier alpha value is -3.30. The first-order chi connectivity index (χ1) is 17.3. The second-order valence-electron chi connectivity index (χ2n) is 9.32. The van der Waals surface area contributed by atoms with Crippen LogP contribution in [0, 0.1) is 11.6 Å². The Morgan fingerprint density at radius 3 is 2.22 bits per heavy atom. The molecule has 2 unspecified atom stereocenters. The van der Waals surface area contributed by atoms with Crippen molar-refractivity contribution in [3.8, 4) is 0 Å². The SMILES string of the molecule is CC(CN1C(=O)c2c(F)ccc(F)c2C1(C)C(=O)NCc1ccc(S(C)(=O)=O)cc1)c1ccc(Cl)cc1. The van der Waals surface area contributed by atoms with E-state index in [0.717, 1.165) is 24.0 Å². The topological polar surface area (TPSA) is 83.6 Å². The molecule has 194 valence electrons. The maximum atomic E-state index is 15.1. The molecule has 0 fully saturated rings. The van der Waals surface area contributed by atoms with Gasteiger partial charge in [-0.25, -0.2) is 17.2 Å². The number of carbonyl (C=O) groups excluding carboxylic acids is 2. The van der Waals surface area contributed by atoms with Gasteiger partial charge in [0.1, 0.15) is 17.2 Å². The molecular formula is C27H25ClF2N2O4S. The van der Waals surface area contributed by atoms with Gasteiger partial charge in [-0.1, -0.05) is 42.8 Å². The number of carbonyl (C=O) groups is 2. The van der Waals surface area contributed by atoms with Crippen LogP contribution in [0.5, 0.6) is 0 Å². The molecule has 0 aliphatic carbocycles. The molecule has 3 aromatic rings. The maximum absolute atomic E-state index is 15.1. The van der Waals surface area contributed by atoms with Gasteiger partial charge in [-0.2, -0.15) is 0 Å². The molecule has 0 bridgehead atoms. The van der Waals surface area contributed by atoms with E-state index in [1.807, 2.05) is 6.92 Å². The monoisotopic (exact) mass is 546 g/mol. The minimum Gasteiger partial charge on any atom is -0.350 e. The van der Waals surface area contributed by atoms with Gasteiger partial charge in [0, 0.05) is 29.9 Å². The number of halogens is 3. The summed E-state index contributed by atoms with van der Waals surface area (Å²) in [6.45, 7) is 3.24. The van der Waals surface area contributed by atoms with E-state index in [2.05, 4.69) is 5.32 Å². The third kappa shape index (κ3) is 4.98. The van der Waals surface area contributed by atoms with Crippen molar-refractivity contribution in [2.75, 3.05) is 12.8 Å². The molecule has 1 aliphatic heterocycles. The lowest BCUT2D eigenvalue weighted by atomic mass is 9.88. The summed E-state index contributed by atoms with van der Waals surface area (Å²) in [7, 11) is -3.38. The highest BCUT2D eigenvalue weighted by Gasteiger charge is 2.54. The van der Waals surface area contributed by atoms with Crippen molar-refractivity contribution in [1.82, 2.24) is 10.2 Å². The molecule has 1 heterocycles. The lowest BCUT2D eigenvalue weighted by molar-refractivity contribution is -0.131. The van der Waals surface area contributed by atoms with E-state index in [1.165, 1.54) is 24.0 Å². The van der Waals surface area contributed by atoms with Crippen molar-refractivity contribution < 1.29 is 26.8 Å². The van der Waals surface area contributed by atoms with Gasteiger partial charge in [0.15, 0.2) is 9.84 Å². The number of benzene rings is 3. The Balaban J connectivity index is 1.66. The van der Waals surface area contributed by atoms with E-state index in [1.54, 1.807) is 36.4 Å². The average molecular weight is 547 g/mol. The summed E-state index contributed by atoms with van der Waals surface area (Å²) in [4.78, 5) is 28.3. The Bertz CT molecular complexity index is 1480. The Morgan fingerprint density at radius 2 is 1.62 bits per heavy atom. The molecule has 2 amide bonds. The first-order valence-corrected chi connectivity index (χ1v) is 13.7. The summed E-state index contributed by atoms with van der Waals surface area (Å²) >= 11 is 5.98. The molecule has 37 heavy (non-hydrogen) atoms. The minimum absolute atomic E-state index is 0.0144. The Labute approximate surface area is 219 Å². The lowest BCUT2D eigenvalue weighted by Gasteiger charge is -2.36. The van der Waals surface area contributed by atoms with Crippen LogP contribution < -0.4 is 5.32 Å². The molecule has 1 aliphatic rings. The van der Waals surface area contributed by atoms with Gasteiger partial charge in [0.25, 0.3) is 11.8 Å². The number of hydrogen-bond acceptors (Lipinski definition) is 4. The summed E-state index contributed by atoms with van der Waals surface area (Å²) in [6, 6.07) is 14.7. The van der Waals surface area contributed by atoms with Crippen LogP contribution in [0.2, 0.25) is 5.02 Å². The van der Waals surface area contributed by atoms with Crippen LogP contribution in [0.4, 0.5) is 8.78 Å². The Kier molecular flexibility index (Phi) is 7.14. The summed E-state index contributed by atoms with van der Waals surface area (Å²) < 4.78 is 53.3. The normalized spacial score (nSPS) is 18.0. The van der Waals surface area contributed by atoms with E-state index in [9.17, 15) is 22.4 Å². The molecule has 10 heteroatoms. The minimum atomic E-state index is -3.38. The van der Waals surface area contributed by atoms with Crippen LogP contribution in [-0.4, -0.2) is 37.9 Å². The number of rotatable bonds is 7. The molecule has 6 nitrogen and oxygen atoms in total. The molecule has 2 atom stereocenters. The van der Waals surface area contributed by atoms with Gasteiger partial charge in [-0.05, 0) is 60.4 Å². The van der Waals surface area contributed by atoms with Crippen molar-refractivity contribution in [2.45, 2.75) is 36.7 Å². The number of fused-ring (bicyclic) bond motifs is 1. The molecule has 4 rings (SSSR count). The van der Waals surface area contributed by atoms with Gasteiger partial charge in [0.05, 0.1) is 10.5 Å². The third-order valence-electron chi connectivity index (χ3n) is 6.73. The first kappa shape index (κ1) is 26.8. The molecule has 1 N–H and O–H groups in total. The first-order valence-electron chi connectivity index (χ1n) is 11.5. The van der Waals surface area contributed by atoms with Gasteiger partial charge in [-0.3, -0.25) is 9.59 Å². The van der Waals surface area contributed by atoms with Crippen LogP contribution in [0.25, 0.3) is 0 Å². The number of nitrogens with zero attached hydrogens (tertiary/aromatic N) is 1. The van der Waals surface area contributed by atoms with E-state index in [-0.39, 0.29) is 29.5 Å². The van der Waals surface area contributed by atoms with Crippen molar-refractivity contribution in [2.24, 2.45) is 0 Å². The third-order valence-corrected chi connectivity index (χ3v) is 8.11. The van der Waals surface area contributed by atoms with Gasteiger partial charge in [-0.15, -0.1) is 0 Å². The Morgan fingerprint density at radius 1 is 1.03 bits per heavy atom. The average Bonchev–Trinajstić information content (AvgIpc) is 3.08. The van der Waals surface area contributed by atoms with E-state index in [4.69, 9.17) is 11.6 Å². The fraction of sp³-hybridized carbons (Fsp3) is 0.259. The molecule has 0 saturated carbocycles. The van der Waals surface area contributed by atoms with Crippen LogP contribution in [0.15, 0.2) is 65.6 Å². The van der Waals surface area contributed by atoms with Crippen molar-refractivity contribution in [3.63, 3.8) is 0 Å². The highest BCUT2D eigenvalue weighted by molar-refractivity contribution is 7.90. The standard InChI is InChI=1S/C27H25ClF2N2O4S/c1-16(18-6-8-19(28)9-7-18)15-32-25(33)23-21(29)12-13-22(30)24(23)27(32,2)26(34)31-14-17-4-10-20(11-5-17)37(3,35)36/h4-13,16H,14-15H2,1-3H3,(H,31,34). The number of hydrogen-bond donors (Lipinski definition) is 1. The summed E-state index contributed by atoms with van der Waals surface area (Å²) in [6.07, 6.45) is 1.09. The fourth-order valence-electron chi connectivity index (χ4n) is 4.59. The molecule has 0 radical (unpaired) electrons. The fourth-order valence-corrected chi connectivity index (χ4v) is 5.35. The number of amides is 2. The highest BCUT2D eigenvalue weighted by Crippen LogP contribution is 2.43. The van der Waals surface area contributed by atoms with Crippen LogP contribution in [0.3, 0.4) is 0 Å². The molecular weight excluding hydrogens is 522 g/mol. The van der Waals surface area contributed by atoms with Crippen LogP contribution in [0.1, 0.15) is 46.8 Å².